The maximum absolute atomic E-state index is 11.9. The first-order valence-corrected chi connectivity index (χ1v) is 13.3. The van der Waals surface area contributed by atoms with Gasteiger partial charge in [0.25, 0.3) is 0 Å². The van der Waals surface area contributed by atoms with E-state index in [9.17, 15) is 10.3 Å². The Hall–Kier alpha value is -2.74. The monoisotopic (exact) mass is 492 g/mol. The van der Waals surface area contributed by atoms with E-state index in [1.165, 1.54) is 22.4 Å². The molecule has 4 N–H and O–H groups in total. The van der Waals surface area contributed by atoms with Gasteiger partial charge < -0.3 is 24.9 Å². The molecular formula is C29H38N3O4+. The molecule has 2 aromatic carbocycles. The van der Waals surface area contributed by atoms with Crippen molar-refractivity contribution in [3.63, 3.8) is 0 Å². The quantitative estimate of drug-likeness (QED) is 0.376. The summed E-state index contributed by atoms with van der Waals surface area (Å²) in [5.41, 5.74) is 6.17. The van der Waals surface area contributed by atoms with Gasteiger partial charge in [-0.1, -0.05) is 6.92 Å². The lowest BCUT2D eigenvalue weighted by atomic mass is 9.72. The number of hydrogen-bond donors (Lipinski definition) is 4. The number of aromatic amines is 1. The molecule has 0 unspecified atom stereocenters. The van der Waals surface area contributed by atoms with Gasteiger partial charge in [-0.15, -0.1) is 0 Å². The molecule has 3 aliphatic rings. The van der Waals surface area contributed by atoms with E-state index in [1.54, 1.807) is 20.3 Å². The van der Waals surface area contributed by atoms with E-state index < -0.39 is 0 Å². The number of rotatable bonds is 5. The van der Waals surface area contributed by atoms with E-state index in [2.05, 4.69) is 29.4 Å². The third kappa shape index (κ3) is 3.76. The van der Waals surface area contributed by atoms with Crippen molar-refractivity contribution in [3.05, 3.63) is 52.7 Å². The Morgan fingerprint density at radius 1 is 1.06 bits per heavy atom. The van der Waals surface area contributed by atoms with Gasteiger partial charge in [-0.2, -0.15) is 4.65 Å². The van der Waals surface area contributed by atoms with Crippen LogP contribution in [0.2, 0.25) is 0 Å². The molecule has 1 saturated heterocycles. The minimum absolute atomic E-state index is 0.0454. The second-order valence-electron chi connectivity index (χ2n) is 11.0. The third-order valence-electron chi connectivity index (χ3n) is 9.20. The highest BCUT2D eigenvalue weighted by Crippen LogP contribution is 2.50. The molecular weight excluding hydrogens is 454 g/mol. The number of aromatic nitrogens is 1. The lowest BCUT2D eigenvalue weighted by Crippen LogP contribution is -2.58. The van der Waals surface area contributed by atoms with Crippen molar-refractivity contribution in [2.24, 2.45) is 11.8 Å². The molecule has 7 heteroatoms. The maximum atomic E-state index is 11.9. The molecule has 7 nitrogen and oxygen atoms in total. The molecule has 0 amide bonds. The van der Waals surface area contributed by atoms with Gasteiger partial charge in [0, 0.05) is 47.0 Å². The molecule has 0 bridgehead atoms. The number of H-pyrrole nitrogens is 1. The number of phenolic OH excluding ortho intramolecular Hbond substituents is 1. The molecule has 3 aromatic rings. The molecule has 0 saturated carbocycles. The molecule has 1 aromatic heterocycles. The van der Waals surface area contributed by atoms with Crippen molar-refractivity contribution < 1.29 is 24.4 Å². The Balaban J connectivity index is 1.33. The largest absolute Gasteiger partial charge is 0.508 e. The average Bonchev–Trinajstić information content (AvgIpc) is 3.26. The maximum Gasteiger partial charge on any atom is 0.161 e. The summed E-state index contributed by atoms with van der Waals surface area (Å²) in [5, 5.41) is 26.8. The number of piperidine rings is 1. The minimum Gasteiger partial charge on any atom is -0.508 e. The second kappa shape index (κ2) is 8.98. The fourth-order valence-corrected chi connectivity index (χ4v) is 7.32. The van der Waals surface area contributed by atoms with Gasteiger partial charge in [0.1, 0.15) is 24.9 Å². The van der Waals surface area contributed by atoms with Crippen molar-refractivity contribution in [3.8, 4) is 17.2 Å². The van der Waals surface area contributed by atoms with E-state index in [1.807, 2.05) is 12.1 Å². The van der Waals surface area contributed by atoms with Crippen LogP contribution in [0.15, 0.2) is 30.3 Å². The Kier molecular flexibility index (Phi) is 5.90. The molecule has 1 fully saturated rings. The normalized spacial score (nSPS) is 29.3. The number of nitrogens with one attached hydrogen (secondary N) is 2. The summed E-state index contributed by atoms with van der Waals surface area (Å²) in [5.74, 6) is 2.77. The second-order valence-corrected chi connectivity index (χ2v) is 11.0. The van der Waals surface area contributed by atoms with Crippen molar-refractivity contribution in [1.29, 1.82) is 0 Å². The van der Waals surface area contributed by atoms with Crippen molar-refractivity contribution in [1.82, 2.24) is 10.3 Å². The number of fused-ring (bicyclic) bond motifs is 6. The molecule has 3 aliphatic heterocycles. The van der Waals surface area contributed by atoms with Gasteiger partial charge in [-0.25, -0.2) is 5.21 Å². The first-order chi connectivity index (χ1) is 17.4. The van der Waals surface area contributed by atoms with Crippen molar-refractivity contribution in [2.45, 2.75) is 51.1 Å². The smallest absolute Gasteiger partial charge is 0.161 e. The van der Waals surface area contributed by atoms with Crippen LogP contribution in [0.25, 0.3) is 10.9 Å². The zero-order chi connectivity index (χ0) is 25.0. The van der Waals surface area contributed by atoms with Gasteiger partial charge >= 0.3 is 0 Å². The highest BCUT2D eigenvalue weighted by Gasteiger charge is 2.51. The first-order valence-electron chi connectivity index (χ1n) is 13.3. The summed E-state index contributed by atoms with van der Waals surface area (Å²) < 4.78 is 11.3. The number of quaternary nitrogens is 1. The van der Waals surface area contributed by atoms with Gasteiger partial charge in [0.15, 0.2) is 11.5 Å². The summed E-state index contributed by atoms with van der Waals surface area (Å²) in [4.78, 5) is 3.67. The van der Waals surface area contributed by atoms with Crippen LogP contribution in [-0.4, -0.2) is 53.8 Å². The van der Waals surface area contributed by atoms with E-state index in [-0.39, 0.29) is 16.7 Å². The number of phenols is 1. The van der Waals surface area contributed by atoms with E-state index >= 15 is 0 Å². The van der Waals surface area contributed by atoms with E-state index in [0.717, 1.165) is 74.1 Å². The summed E-state index contributed by atoms with van der Waals surface area (Å²) in [6, 6.07) is 10.1. The van der Waals surface area contributed by atoms with Crippen LogP contribution in [0.3, 0.4) is 0 Å². The van der Waals surface area contributed by atoms with E-state index in [4.69, 9.17) is 9.47 Å². The number of aromatic hydroxyl groups is 1. The topological polar surface area (TPSA) is 86.7 Å². The van der Waals surface area contributed by atoms with Crippen LogP contribution in [0.5, 0.6) is 17.2 Å². The van der Waals surface area contributed by atoms with Crippen LogP contribution >= 0.6 is 0 Å². The number of hydroxylamine groups is 3. The Labute approximate surface area is 212 Å². The highest BCUT2D eigenvalue weighted by atomic mass is 16.5. The summed E-state index contributed by atoms with van der Waals surface area (Å²) in [6.45, 7) is 4.74. The predicted octanol–water partition coefficient (Wildman–Crippen LogP) is 5.02. The molecule has 0 aliphatic carbocycles. The lowest BCUT2D eigenvalue weighted by molar-refractivity contribution is -1.13. The minimum atomic E-state index is 0.0454. The Morgan fingerprint density at radius 3 is 2.64 bits per heavy atom. The zero-order valence-electron chi connectivity index (χ0n) is 21.5. The van der Waals surface area contributed by atoms with Crippen LogP contribution in [0, 0.1) is 11.8 Å². The van der Waals surface area contributed by atoms with Crippen molar-refractivity contribution in [2.75, 3.05) is 33.9 Å². The number of hydrogen-bond acceptors (Lipinski definition) is 5. The summed E-state index contributed by atoms with van der Waals surface area (Å²) in [7, 11) is 3.36. The molecule has 192 valence electrons. The Morgan fingerprint density at radius 2 is 1.86 bits per heavy atom. The zero-order valence-corrected chi connectivity index (χ0v) is 21.5. The van der Waals surface area contributed by atoms with Crippen LogP contribution in [-0.2, 0) is 12.8 Å². The number of ether oxygens (including phenoxy) is 2. The molecule has 0 spiro atoms. The van der Waals surface area contributed by atoms with E-state index in [0.29, 0.717) is 17.6 Å². The molecule has 4 heterocycles. The standard InChI is InChI=1S/C29H37N3O4/c1-4-17-16-32(34)10-8-18-13-27(35-2)28(36-3)15-22(18)26(32)12-19(17)11-25-29-21(7-9-30-25)23-14-20(33)5-6-24(23)31-29/h5-6,13-15,17,19,25-26,30-31,34H,4,7-12,16H2,1-3H3/p+1/t17-,19-,25-,26-,32+/m0/s1. The fraction of sp³-hybridized carbons (Fsp3) is 0.517. The molecule has 0 radical (unpaired) electrons. The van der Waals surface area contributed by atoms with Crippen LogP contribution < -0.4 is 14.8 Å². The summed E-state index contributed by atoms with van der Waals surface area (Å²) >= 11 is 0. The number of methoxy groups -OCH3 is 2. The predicted molar refractivity (Wildman–Crippen MR) is 139 cm³/mol. The van der Waals surface area contributed by atoms with Crippen LogP contribution in [0.4, 0.5) is 0 Å². The average molecular weight is 493 g/mol. The van der Waals surface area contributed by atoms with Gasteiger partial charge in [-0.3, -0.25) is 0 Å². The number of nitrogens with zero attached hydrogens (tertiary/aromatic N) is 1. The van der Waals surface area contributed by atoms with Gasteiger partial charge in [0.2, 0.25) is 0 Å². The van der Waals surface area contributed by atoms with Gasteiger partial charge in [-0.05, 0) is 73.2 Å². The third-order valence-corrected chi connectivity index (χ3v) is 9.20. The molecule has 6 rings (SSSR count). The highest BCUT2D eigenvalue weighted by molar-refractivity contribution is 5.86. The lowest BCUT2D eigenvalue weighted by Gasteiger charge is -2.50. The van der Waals surface area contributed by atoms with Crippen molar-refractivity contribution >= 4 is 10.9 Å². The fourth-order valence-electron chi connectivity index (χ4n) is 7.32. The summed E-state index contributed by atoms with van der Waals surface area (Å²) in [6.07, 6.45) is 4.86. The van der Waals surface area contributed by atoms with Crippen LogP contribution in [0.1, 0.15) is 60.7 Å². The Bertz CT molecular complexity index is 1290. The number of benzene rings is 2. The van der Waals surface area contributed by atoms with Gasteiger partial charge in [0.05, 0.1) is 14.2 Å². The molecule has 36 heavy (non-hydrogen) atoms. The first kappa shape index (κ1) is 23.6. The molecule has 5 atom stereocenters. The SMILES string of the molecule is CC[C@H]1C[N@+]2(O)CCc3cc(OC)c(OC)cc3[C@@H]2C[C@@H]1C[C@@H]1NCCc2c1[nH]c1ccc(O)cc21.